The first kappa shape index (κ1) is 14.3. The Morgan fingerprint density at radius 3 is 2.60 bits per heavy atom. The summed E-state index contributed by atoms with van der Waals surface area (Å²) in [4.78, 5) is 24.7. The Labute approximate surface area is 116 Å². The van der Waals surface area contributed by atoms with E-state index >= 15 is 0 Å². The minimum atomic E-state index is -0.909. The Bertz CT molecular complexity index is 546. The van der Waals surface area contributed by atoms with Crippen LogP contribution in [0, 0.1) is 17.7 Å². The molecule has 1 aromatic carbocycles. The van der Waals surface area contributed by atoms with Crippen LogP contribution in [0.25, 0.3) is 0 Å². The third-order valence-corrected chi connectivity index (χ3v) is 3.62. The maximum absolute atomic E-state index is 13.6. The second kappa shape index (κ2) is 5.48. The summed E-state index contributed by atoms with van der Waals surface area (Å²) in [5, 5.41) is 9.05. The van der Waals surface area contributed by atoms with Crippen LogP contribution in [0.4, 0.5) is 4.39 Å². The molecule has 6 heteroatoms. The van der Waals surface area contributed by atoms with Gasteiger partial charge in [0.25, 0.3) is 5.91 Å². The molecule has 20 heavy (non-hydrogen) atoms. The van der Waals surface area contributed by atoms with Crippen molar-refractivity contribution in [2.45, 2.75) is 6.92 Å². The molecule has 108 valence electrons. The van der Waals surface area contributed by atoms with Crippen LogP contribution in [0.5, 0.6) is 5.75 Å². The van der Waals surface area contributed by atoms with Crippen molar-refractivity contribution in [2.24, 2.45) is 11.8 Å². The molecule has 1 aliphatic heterocycles. The molecule has 5 nitrogen and oxygen atoms in total. The molecule has 0 aromatic heterocycles. The summed E-state index contributed by atoms with van der Waals surface area (Å²) in [6, 6.07) is 3.97. The van der Waals surface area contributed by atoms with E-state index in [0.29, 0.717) is 6.54 Å². The monoisotopic (exact) mass is 281 g/mol. The normalized spacial score (nSPS) is 21.9. The lowest BCUT2D eigenvalue weighted by Crippen LogP contribution is -2.30. The van der Waals surface area contributed by atoms with Crippen molar-refractivity contribution < 1.29 is 23.8 Å². The van der Waals surface area contributed by atoms with Gasteiger partial charge in [-0.25, -0.2) is 4.39 Å². The van der Waals surface area contributed by atoms with Crippen LogP contribution < -0.4 is 4.74 Å². The summed E-state index contributed by atoms with van der Waals surface area (Å²) in [5.74, 6) is -2.49. The number of rotatable bonds is 3. The van der Waals surface area contributed by atoms with Gasteiger partial charge < -0.3 is 14.7 Å². The molecule has 0 bridgehead atoms. The van der Waals surface area contributed by atoms with Crippen LogP contribution in [-0.4, -0.2) is 42.1 Å². The second-order valence-corrected chi connectivity index (χ2v) is 4.98. The summed E-state index contributed by atoms with van der Waals surface area (Å²) in [6.45, 7) is 2.31. The third kappa shape index (κ3) is 2.59. The van der Waals surface area contributed by atoms with Crippen LogP contribution in [0.2, 0.25) is 0 Å². The van der Waals surface area contributed by atoms with Crippen LogP contribution in [-0.2, 0) is 4.79 Å². The minimum absolute atomic E-state index is 0.0692. The summed E-state index contributed by atoms with van der Waals surface area (Å²) in [6.07, 6.45) is 0. The molecule has 1 saturated heterocycles. The summed E-state index contributed by atoms with van der Waals surface area (Å²) in [5.41, 5.74) is 0.196. The van der Waals surface area contributed by atoms with Crippen molar-refractivity contribution in [3.63, 3.8) is 0 Å². The highest BCUT2D eigenvalue weighted by molar-refractivity contribution is 5.95. The van der Waals surface area contributed by atoms with E-state index in [-0.39, 0.29) is 29.7 Å². The molecule has 1 N–H and O–H groups in total. The highest BCUT2D eigenvalue weighted by Crippen LogP contribution is 2.26. The molecular formula is C14H16FNO4. The van der Waals surface area contributed by atoms with Gasteiger partial charge in [0.1, 0.15) is 0 Å². The van der Waals surface area contributed by atoms with Gasteiger partial charge in [-0.1, -0.05) is 6.92 Å². The summed E-state index contributed by atoms with van der Waals surface area (Å²) >= 11 is 0. The Morgan fingerprint density at radius 2 is 2.10 bits per heavy atom. The summed E-state index contributed by atoms with van der Waals surface area (Å²) < 4.78 is 18.4. The van der Waals surface area contributed by atoms with E-state index in [1.807, 2.05) is 0 Å². The Hall–Kier alpha value is -2.11. The first-order chi connectivity index (χ1) is 9.43. The zero-order valence-electron chi connectivity index (χ0n) is 11.3. The predicted molar refractivity (Wildman–Crippen MR) is 69.1 cm³/mol. The molecule has 1 heterocycles. The van der Waals surface area contributed by atoms with Crippen molar-refractivity contribution in [3.05, 3.63) is 29.6 Å². The number of carboxylic acid groups (broad SMARTS) is 1. The van der Waals surface area contributed by atoms with Gasteiger partial charge in [0.05, 0.1) is 13.0 Å². The number of carboxylic acids is 1. The maximum atomic E-state index is 13.6. The fourth-order valence-electron chi connectivity index (χ4n) is 2.44. The molecule has 2 atom stereocenters. The van der Waals surface area contributed by atoms with Crippen molar-refractivity contribution in [1.29, 1.82) is 0 Å². The number of methoxy groups -OCH3 is 1. The molecule has 0 unspecified atom stereocenters. The van der Waals surface area contributed by atoms with Crippen LogP contribution in [0.15, 0.2) is 18.2 Å². The number of aliphatic carboxylic acids is 1. The van der Waals surface area contributed by atoms with E-state index in [1.165, 1.54) is 24.1 Å². The van der Waals surface area contributed by atoms with E-state index in [9.17, 15) is 14.0 Å². The average Bonchev–Trinajstić information content (AvgIpc) is 2.80. The quantitative estimate of drug-likeness (QED) is 0.914. The van der Waals surface area contributed by atoms with Crippen molar-refractivity contribution in [2.75, 3.05) is 20.2 Å². The van der Waals surface area contributed by atoms with Gasteiger partial charge in [-0.05, 0) is 24.1 Å². The lowest BCUT2D eigenvalue weighted by atomic mass is 9.99. The van der Waals surface area contributed by atoms with Gasteiger partial charge in [-0.3, -0.25) is 9.59 Å². The number of carbonyl (C=O) groups excluding carboxylic acids is 1. The van der Waals surface area contributed by atoms with Gasteiger partial charge in [0.2, 0.25) is 0 Å². The van der Waals surface area contributed by atoms with Crippen LogP contribution in [0.1, 0.15) is 17.3 Å². The topological polar surface area (TPSA) is 66.8 Å². The molecule has 1 aromatic rings. The molecule has 0 saturated carbocycles. The number of benzene rings is 1. The van der Waals surface area contributed by atoms with E-state index < -0.39 is 17.7 Å². The van der Waals surface area contributed by atoms with E-state index in [0.717, 1.165) is 6.07 Å². The van der Waals surface area contributed by atoms with Gasteiger partial charge in [0.15, 0.2) is 11.6 Å². The molecule has 2 rings (SSSR count). The highest BCUT2D eigenvalue weighted by Gasteiger charge is 2.37. The first-order valence-electron chi connectivity index (χ1n) is 6.29. The molecule has 0 radical (unpaired) electrons. The SMILES string of the molecule is COc1ccc(C(=O)N2C[C@@H](C)[C@H](C(=O)O)C2)cc1F. The van der Waals surface area contributed by atoms with E-state index in [4.69, 9.17) is 9.84 Å². The number of nitrogens with zero attached hydrogens (tertiary/aromatic N) is 1. The molecule has 1 amide bonds. The predicted octanol–water partition coefficient (Wildman–Crippen LogP) is 1.63. The standard InChI is InChI=1S/C14H16FNO4/c1-8-6-16(7-10(8)14(18)19)13(17)9-3-4-12(20-2)11(15)5-9/h3-5,8,10H,6-7H2,1-2H3,(H,18,19)/t8-,10-/m1/s1. The molecular weight excluding hydrogens is 265 g/mol. The Kier molecular flexibility index (Phi) is 3.92. The molecule has 1 aliphatic rings. The molecule has 1 fully saturated rings. The largest absolute Gasteiger partial charge is 0.494 e. The van der Waals surface area contributed by atoms with Crippen molar-refractivity contribution >= 4 is 11.9 Å². The fraction of sp³-hybridized carbons (Fsp3) is 0.429. The number of hydrogen-bond donors (Lipinski definition) is 1. The van der Waals surface area contributed by atoms with E-state index in [2.05, 4.69) is 0 Å². The van der Waals surface area contributed by atoms with Crippen molar-refractivity contribution in [1.82, 2.24) is 4.90 Å². The molecule has 0 aliphatic carbocycles. The zero-order valence-corrected chi connectivity index (χ0v) is 11.3. The van der Waals surface area contributed by atoms with Gasteiger partial charge in [-0.2, -0.15) is 0 Å². The number of hydrogen-bond acceptors (Lipinski definition) is 3. The fourth-order valence-corrected chi connectivity index (χ4v) is 2.44. The zero-order chi connectivity index (χ0) is 14.9. The Morgan fingerprint density at radius 1 is 1.40 bits per heavy atom. The Balaban J connectivity index is 2.16. The van der Waals surface area contributed by atoms with Gasteiger partial charge in [-0.15, -0.1) is 0 Å². The number of likely N-dealkylation sites (tertiary alicyclic amines) is 1. The van der Waals surface area contributed by atoms with Crippen LogP contribution >= 0.6 is 0 Å². The highest BCUT2D eigenvalue weighted by atomic mass is 19.1. The number of ether oxygens (including phenoxy) is 1. The lowest BCUT2D eigenvalue weighted by Gasteiger charge is -2.16. The third-order valence-electron chi connectivity index (χ3n) is 3.62. The number of halogens is 1. The van der Waals surface area contributed by atoms with Gasteiger partial charge >= 0.3 is 5.97 Å². The number of amides is 1. The summed E-state index contributed by atoms with van der Waals surface area (Å²) in [7, 11) is 1.35. The minimum Gasteiger partial charge on any atom is -0.494 e. The average molecular weight is 281 g/mol. The molecule has 0 spiro atoms. The maximum Gasteiger partial charge on any atom is 0.308 e. The second-order valence-electron chi connectivity index (χ2n) is 4.98. The van der Waals surface area contributed by atoms with Gasteiger partial charge in [0, 0.05) is 18.7 Å². The first-order valence-corrected chi connectivity index (χ1v) is 6.29. The smallest absolute Gasteiger partial charge is 0.308 e. The van der Waals surface area contributed by atoms with Crippen molar-refractivity contribution in [3.8, 4) is 5.75 Å². The number of carbonyl (C=O) groups is 2. The van der Waals surface area contributed by atoms with Crippen LogP contribution in [0.3, 0.4) is 0 Å². The van der Waals surface area contributed by atoms with E-state index in [1.54, 1.807) is 6.92 Å². The lowest BCUT2D eigenvalue weighted by molar-refractivity contribution is -0.142.